The van der Waals surface area contributed by atoms with Crippen molar-refractivity contribution in [3.63, 3.8) is 0 Å². The molecule has 1 aromatic carbocycles. The van der Waals surface area contributed by atoms with Crippen LogP contribution in [0.2, 0.25) is 0 Å². The number of anilines is 1. The molecule has 17 heavy (non-hydrogen) atoms. The lowest BCUT2D eigenvalue weighted by Crippen LogP contribution is -2.00. The normalized spacial score (nSPS) is 10.4. The van der Waals surface area contributed by atoms with E-state index in [0.717, 1.165) is 17.7 Å². The fourth-order valence-corrected chi connectivity index (χ4v) is 1.80. The molecule has 2 aromatic rings. The van der Waals surface area contributed by atoms with Crippen LogP contribution in [0.15, 0.2) is 43.2 Å². The van der Waals surface area contributed by atoms with Crippen molar-refractivity contribution in [1.82, 2.24) is 9.55 Å². The van der Waals surface area contributed by atoms with Gasteiger partial charge in [-0.25, -0.2) is 4.98 Å². The van der Waals surface area contributed by atoms with Gasteiger partial charge in [0.1, 0.15) is 11.5 Å². The van der Waals surface area contributed by atoms with E-state index in [1.165, 1.54) is 5.56 Å². The van der Waals surface area contributed by atoms with Crippen molar-refractivity contribution < 1.29 is 0 Å². The van der Waals surface area contributed by atoms with Crippen LogP contribution in [0, 0.1) is 0 Å². The van der Waals surface area contributed by atoms with Crippen molar-refractivity contribution >= 4 is 5.82 Å². The van der Waals surface area contributed by atoms with Gasteiger partial charge in [-0.15, -0.1) is 6.58 Å². The van der Waals surface area contributed by atoms with Crippen LogP contribution in [0.4, 0.5) is 5.82 Å². The summed E-state index contributed by atoms with van der Waals surface area (Å²) in [7, 11) is 0. The number of imidazole rings is 1. The molecule has 3 heteroatoms. The molecule has 3 nitrogen and oxygen atoms in total. The van der Waals surface area contributed by atoms with E-state index in [-0.39, 0.29) is 0 Å². The summed E-state index contributed by atoms with van der Waals surface area (Å²) in [5, 5.41) is 0. The van der Waals surface area contributed by atoms with Crippen LogP contribution >= 0.6 is 0 Å². The first-order valence-electron chi connectivity index (χ1n) is 5.77. The number of nitrogens with two attached hydrogens (primary N) is 1. The second kappa shape index (κ2) is 4.87. The summed E-state index contributed by atoms with van der Waals surface area (Å²) in [6.45, 7) is 6.53. The lowest BCUT2D eigenvalue weighted by molar-refractivity contribution is 0.833. The van der Waals surface area contributed by atoms with Gasteiger partial charge in [-0.2, -0.15) is 0 Å². The second-order valence-corrected chi connectivity index (χ2v) is 3.97. The molecule has 0 atom stereocenters. The first-order chi connectivity index (χ1) is 8.26. The van der Waals surface area contributed by atoms with E-state index in [1.54, 1.807) is 6.33 Å². The summed E-state index contributed by atoms with van der Waals surface area (Å²) in [5.41, 5.74) is 9.26. The van der Waals surface area contributed by atoms with Crippen molar-refractivity contribution in [1.29, 1.82) is 0 Å². The summed E-state index contributed by atoms with van der Waals surface area (Å²) >= 11 is 0. The Morgan fingerprint density at radius 2 is 2.06 bits per heavy atom. The molecule has 0 unspecified atom stereocenters. The molecule has 0 radical (unpaired) electrons. The van der Waals surface area contributed by atoms with E-state index in [1.807, 2.05) is 10.6 Å². The maximum atomic E-state index is 6.04. The highest BCUT2D eigenvalue weighted by Gasteiger charge is 2.08. The van der Waals surface area contributed by atoms with E-state index in [4.69, 9.17) is 5.73 Å². The SMILES string of the molecule is C=CCn1cnc(-c2ccc(CC)cc2)c1N. The Hall–Kier alpha value is -2.03. The predicted molar refractivity (Wildman–Crippen MR) is 71.7 cm³/mol. The minimum Gasteiger partial charge on any atom is -0.383 e. The molecule has 0 fully saturated rings. The Kier molecular flexibility index (Phi) is 3.28. The van der Waals surface area contributed by atoms with Gasteiger partial charge in [-0.05, 0) is 12.0 Å². The second-order valence-electron chi connectivity index (χ2n) is 3.97. The Balaban J connectivity index is 2.35. The van der Waals surface area contributed by atoms with Crippen molar-refractivity contribution in [2.24, 2.45) is 0 Å². The molecule has 0 amide bonds. The summed E-state index contributed by atoms with van der Waals surface area (Å²) in [4.78, 5) is 4.35. The highest BCUT2D eigenvalue weighted by molar-refractivity contribution is 5.70. The van der Waals surface area contributed by atoms with Gasteiger partial charge in [0.05, 0.1) is 6.33 Å². The molecule has 1 heterocycles. The van der Waals surface area contributed by atoms with Gasteiger partial charge in [-0.1, -0.05) is 37.3 Å². The summed E-state index contributed by atoms with van der Waals surface area (Å²) < 4.78 is 1.88. The number of hydrogen-bond acceptors (Lipinski definition) is 2. The molecule has 0 bridgehead atoms. The van der Waals surface area contributed by atoms with Gasteiger partial charge < -0.3 is 10.3 Å². The monoisotopic (exact) mass is 227 g/mol. The van der Waals surface area contributed by atoms with E-state index >= 15 is 0 Å². The van der Waals surface area contributed by atoms with Crippen LogP contribution in [0.3, 0.4) is 0 Å². The third-order valence-corrected chi connectivity index (χ3v) is 2.84. The fourth-order valence-electron chi connectivity index (χ4n) is 1.80. The topological polar surface area (TPSA) is 43.8 Å². The number of hydrogen-bond donors (Lipinski definition) is 1. The summed E-state index contributed by atoms with van der Waals surface area (Å²) in [5.74, 6) is 0.689. The fraction of sp³-hybridized carbons (Fsp3) is 0.214. The molecule has 1 aromatic heterocycles. The van der Waals surface area contributed by atoms with Crippen LogP contribution in [0.25, 0.3) is 11.3 Å². The minimum atomic E-state index is 0.686. The van der Waals surface area contributed by atoms with Crippen LogP contribution in [0.5, 0.6) is 0 Å². The zero-order chi connectivity index (χ0) is 12.3. The van der Waals surface area contributed by atoms with Crippen molar-refractivity contribution in [3.8, 4) is 11.3 Å². The number of nitrogens with zero attached hydrogens (tertiary/aromatic N) is 2. The smallest absolute Gasteiger partial charge is 0.131 e. The largest absolute Gasteiger partial charge is 0.383 e. The molecule has 0 spiro atoms. The molecule has 2 N–H and O–H groups in total. The highest BCUT2D eigenvalue weighted by atomic mass is 15.1. The van der Waals surface area contributed by atoms with E-state index in [9.17, 15) is 0 Å². The van der Waals surface area contributed by atoms with Crippen LogP contribution < -0.4 is 5.73 Å². The number of benzene rings is 1. The molecule has 88 valence electrons. The van der Waals surface area contributed by atoms with Gasteiger partial charge in [0.15, 0.2) is 0 Å². The Morgan fingerprint density at radius 1 is 1.35 bits per heavy atom. The molecule has 0 aliphatic heterocycles. The predicted octanol–water partition coefficient (Wildman–Crippen LogP) is 2.88. The molecule has 0 aliphatic rings. The third-order valence-electron chi connectivity index (χ3n) is 2.84. The standard InChI is InChI=1S/C14H17N3/c1-3-9-17-10-16-13(14(17)15)12-7-5-11(4-2)6-8-12/h3,5-8,10H,1,4,9,15H2,2H3. The van der Waals surface area contributed by atoms with Crippen LogP contribution in [-0.4, -0.2) is 9.55 Å². The number of rotatable bonds is 4. The first-order valence-corrected chi connectivity index (χ1v) is 5.77. The van der Waals surface area contributed by atoms with Gasteiger partial charge in [-0.3, -0.25) is 0 Å². The van der Waals surface area contributed by atoms with E-state index in [0.29, 0.717) is 12.4 Å². The van der Waals surface area contributed by atoms with Crippen molar-refractivity contribution in [2.75, 3.05) is 5.73 Å². The van der Waals surface area contributed by atoms with E-state index in [2.05, 4.69) is 42.8 Å². The number of allylic oxidation sites excluding steroid dienone is 1. The quantitative estimate of drug-likeness (QED) is 0.816. The average Bonchev–Trinajstić information content (AvgIpc) is 2.72. The summed E-state index contributed by atoms with van der Waals surface area (Å²) in [6, 6.07) is 8.36. The zero-order valence-electron chi connectivity index (χ0n) is 10.1. The molecule has 2 rings (SSSR count). The number of nitrogen functional groups attached to an aromatic ring is 1. The van der Waals surface area contributed by atoms with Gasteiger partial charge in [0.25, 0.3) is 0 Å². The van der Waals surface area contributed by atoms with Gasteiger partial charge >= 0.3 is 0 Å². The van der Waals surface area contributed by atoms with E-state index < -0.39 is 0 Å². The third kappa shape index (κ3) is 2.23. The molecular formula is C14H17N3. The molecular weight excluding hydrogens is 210 g/mol. The molecule has 0 saturated carbocycles. The zero-order valence-corrected chi connectivity index (χ0v) is 10.1. The van der Waals surface area contributed by atoms with Crippen LogP contribution in [-0.2, 0) is 13.0 Å². The first kappa shape index (κ1) is 11.5. The van der Waals surface area contributed by atoms with Crippen LogP contribution in [0.1, 0.15) is 12.5 Å². The lowest BCUT2D eigenvalue weighted by Gasteiger charge is -2.03. The van der Waals surface area contributed by atoms with Crippen molar-refractivity contribution in [2.45, 2.75) is 19.9 Å². The highest BCUT2D eigenvalue weighted by Crippen LogP contribution is 2.24. The molecule has 0 saturated heterocycles. The minimum absolute atomic E-state index is 0.686. The Bertz CT molecular complexity index is 509. The summed E-state index contributed by atoms with van der Waals surface area (Å²) in [6.07, 6.45) is 4.60. The maximum absolute atomic E-state index is 6.04. The lowest BCUT2D eigenvalue weighted by atomic mass is 10.1. The Labute approximate surface area is 102 Å². The number of aromatic nitrogens is 2. The molecule has 0 aliphatic carbocycles. The van der Waals surface area contributed by atoms with Gasteiger partial charge in [0, 0.05) is 12.1 Å². The number of aryl methyl sites for hydroxylation is 1. The average molecular weight is 227 g/mol. The van der Waals surface area contributed by atoms with Gasteiger partial charge in [0.2, 0.25) is 0 Å². The van der Waals surface area contributed by atoms with Crippen molar-refractivity contribution in [3.05, 3.63) is 48.8 Å². The maximum Gasteiger partial charge on any atom is 0.131 e. The Morgan fingerprint density at radius 3 is 2.65 bits per heavy atom.